The molecule has 3 aromatic rings. The molecule has 0 fully saturated rings. The summed E-state index contributed by atoms with van der Waals surface area (Å²) in [5.41, 5.74) is 9.57. The highest BCUT2D eigenvalue weighted by atomic mass is 16.1. The third kappa shape index (κ3) is 3.87. The van der Waals surface area contributed by atoms with Crippen LogP contribution in [0.5, 0.6) is 0 Å². The molecule has 28 heavy (non-hydrogen) atoms. The van der Waals surface area contributed by atoms with E-state index in [9.17, 15) is 4.79 Å². The first-order valence-corrected chi connectivity index (χ1v) is 9.44. The Labute approximate surface area is 164 Å². The molecular weight excluding hydrogens is 350 g/mol. The van der Waals surface area contributed by atoms with Gasteiger partial charge in [-0.05, 0) is 37.1 Å². The smallest absolute Gasteiger partial charge is 0.222 e. The van der Waals surface area contributed by atoms with E-state index in [1.807, 2.05) is 59.4 Å². The van der Waals surface area contributed by atoms with Crippen LogP contribution in [0.15, 0.2) is 73.2 Å². The lowest BCUT2D eigenvalue weighted by Gasteiger charge is -2.27. The highest BCUT2D eigenvalue weighted by molar-refractivity contribution is 5.77. The van der Waals surface area contributed by atoms with Gasteiger partial charge in [-0.3, -0.25) is 9.78 Å². The number of nitrogens with zero attached hydrogens (tertiary/aromatic N) is 3. The number of primary amides is 1. The van der Waals surface area contributed by atoms with Crippen molar-refractivity contribution in [3.63, 3.8) is 0 Å². The van der Waals surface area contributed by atoms with Crippen LogP contribution in [0.1, 0.15) is 18.4 Å². The average molecular weight is 373 g/mol. The second-order valence-electron chi connectivity index (χ2n) is 6.96. The molecule has 6 nitrogen and oxygen atoms in total. The molecule has 142 valence electrons. The third-order valence-electron chi connectivity index (χ3n) is 5.12. The second kappa shape index (κ2) is 8.19. The topological polar surface area (TPSA) is 85.8 Å². The maximum absolute atomic E-state index is 11.8. The molecule has 0 aliphatic heterocycles. The van der Waals surface area contributed by atoms with Crippen molar-refractivity contribution < 1.29 is 4.79 Å². The first kappa shape index (κ1) is 18.1. The van der Waals surface area contributed by atoms with E-state index in [0.717, 1.165) is 28.9 Å². The maximum Gasteiger partial charge on any atom is 0.222 e. The predicted octanol–water partition coefficient (Wildman–Crippen LogP) is 2.84. The Morgan fingerprint density at radius 3 is 2.61 bits per heavy atom. The summed E-state index contributed by atoms with van der Waals surface area (Å²) >= 11 is 0. The number of nitrogens with one attached hydrogen (secondary N) is 1. The second-order valence-corrected chi connectivity index (χ2v) is 6.96. The first-order valence-electron chi connectivity index (χ1n) is 9.44. The minimum atomic E-state index is -0.254. The molecule has 4 rings (SSSR count). The fraction of sp³-hybridized carbons (Fsp3) is 0.227. The monoisotopic (exact) mass is 373 g/mol. The van der Waals surface area contributed by atoms with Gasteiger partial charge in [0.25, 0.3) is 0 Å². The van der Waals surface area contributed by atoms with E-state index in [4.69, 9.17) is 10.8 Å². The van der Waals surface area contributed by atoms with Crippen molar-refractivity contribution in [2.45, 2.75) is 25.4 Å². The lowest BCUT2D eigenvalue weighted by molar-refractivity contribution is -0.122. The standard InChI is InChI=1S/C22H23N5O/c23-22(28)19-8-4-5-9-20(19)25-14-17-15-27(18-6-2-1-3-7-18)26-21(17)16-10-12-24-13-11-16/h1-7,10-13,15,19-20,25H,8-9,14H2,(H2,23,28)/t19-,20-/m1/s1. The zero-order valence-corrected chi connectivity index (χ0v) is 15.5. The molecule has 0 radical (unpaired) electrons. The number of allylic oxidation sites excluding steroid dienone is 1. The number of benzene rings is 1. The van der Waals surface area contributed by atoms with E-state index in [1.165, 1.54) is 0 Å². The predicted molar refractivity (Wildman–Crippen MR) is 108 cm³/mol. The summed E-state index contributed by atoms with van der Waals surface area (Å²) in [5, 5.41) is 8.34. The van der Waals surface area contributed by atoms with Crippen molar-refractivity contribution in [3.8, 4) is 16.9 Å². The average Bonchev–Trinajstić information content (AvgIpc) is 3.18. The van der Waals surface area contributed by atoms with Gasteiger partial charge in [-0.15, -0.1) is 0 Å². The largest absolute Gasteiger partial charge is 0.369 e. The van der Waals surface area contributed by atoms with Gasteiger partial charge in [0, 0.05) is 42.3 Å². The molecular formula is C22H23N5O. The summed E-state index contributed by atoms with van der Waals surface area (Å²) in [6.07, 6.45) is 11.2. The van der Waals surface area contributed by atoms with Crippen molar-refractivity contribution in [1.82, 2.24) is 20.1 Å². The van der Waals surface area contributed by atoms with Crippen LogP contribution < -0.4 is 11.1 Å². The van der Waals surface area contributed by atoms with Gasteiger partial charge >= 0.3 is 0 Å². The number of hydrogen-bond donors (Lipinski definition) is 2. The third-order valence-corrected chi connectivity index (χ3v) is 5.12. The molecule has 3 N–H and O–H groups in total. The summed E-state index contributed by atoms with van der Waals surface area (Å²) in [6, 6.07) is 14.0. The van der Waals surface area contributed by atoms with Gasteiger partial charge in [0.2, 0.25) is 5.91 Å². The van der Waals surface area contributed by atoms with Gasteiger partial charge in [-0.25, -0.2) is 4.68 Å². The number of aromatic nitrogens is 3. The molecule has 6 heteroatoms. The summed E-state index contributed by atoms with van der Waals surface area (Å²) in [5.74, 6) is -0.435. The van der Waals surface area contributed by atoms with E-state index >= 15 is 0 Å². The van der Waals surface area contributed by atoms with Gasteiger partial charge in [0.15, 0.2) is 0 Å². The van der Waals surface area contributed by atoms with Gasteiger partial charge in [-0.2, -0.15) is 5.10 Å². The Bertz CT molecular complexity index is 965. The molecule has 0 saturated carbocycles. The Hall–Kier alpha value is -3.25. The van der Waals surface area contributed by atoms with E-state index in [-0.39, 0.29) is 17.9 Å². The lowest BCUT2D eigenvalue weighted by Crippen LogP contribution is -2.43. The van der Waals surface area contributed by atoms with Crippen LogP contribution in [0.25, 0.3) is 16.9 Å². The van der Waals surface area contributed by atoms with Crippen molar-refractivity contribution in [3.05, 3.63) is 78.8 Å². The van der Waals surface area contributed by atoms with Crippen molar-refractivity contribution in [2.75, 3.05) is 0 Å². The molecule has 2 heterocycles. The van der Waals surface area contributed by atoms with Crippen molar-refractivity contribution >= 4 is 5.91 Å². The normalized spacial score (nSPS) is 18.9. The molecule has 0 spiro atoms. The number of hydrogen-bond acceptors (Lipinski definition) is 4. The zero-order chi connectivity index (χ0) is 19.3. The SMILES string of the molecule is NC(=O)[C@@H]1CC=CC[C@H]1NCc1cn(-c2ccccc2)nc1-c1ccncc1. The molecule has 1 aliphatic rings. The van der Waals surface area contributed by atoms with Crippen LogP contribution in [-0.4, -0.2) is 26.7 Å². The number of amides is 1. The van der Waals surface area contributed by atoms with Gasteiger partial charge in [0.05, 0.1) is 17.3 Å². The van der Waals surface area contributed by atoms with Crippen LogP contribution in [0, 0.1) is 5.92 Å². The zero-order valence-electron chi connectivity index (χ0n) is 15.5. The summed E-state index contributed by atoms with van der Waals surface area (Å²) < 4.78 is 1.89. The van der Waals surface area contributed by atoms with Crippen LogP contribution in [-0.2, 0) is 11.3 Å². The van der Waals surface area contributed by atoms with Crippen LogP contribution in [0.2, 0.25) is 0 Å². The molecule has 2 aromatic heterocycles. The van der Waals surface area contributed by atoms with Crippen molar-refractivity contribution in [1.29, 1.82) is 0 Å². The Kier molecular flexibility index (Phi) is 5.30. The van der Waals surface area contributed by atoms with Crippen molar-refractivity contribution in [2.24, 2.45) is 11.7 Å². The summed E-state index contributed by atoms with van der Waals surface area (Å²) in [7, 11) is 0. The molecule has 1 amide bonds. The van der Waals surface area contributed by atoms with Gasteiger partial charge in [-0.1, -0.05) is 30.4 Å². The minimum Gasteiger partial charge on any atom is -0.369 e. The Morgan fingerprint density at radius 2 is 1.86 bits per heavy atom. The number of pyridine rings is 1. The van der Waals surface area contributed by atoms with Gasteiger partial charge < -0.3 is 11.1 Å². The first-order chi connectivity index (χ1) is 13.7. The van der Waals surface area contributed by atoms with Crippen LogP contribution >= 0.6 is 0 Å². The van der Waals surface area contributed by atoms with E-state index in [2.05, 4.69) is 16.4 Å². The van der Waals surface area contributed by atoms with Crippen LogP contribution in [0.3, 0.4) is 0 Å². The quantitative estimate of drug-likeness (QED) is 0.651. The highest BCUT2D eigenvalue weighted by Crippen LogP contribution is 2.25. The van der Waals surface area contributed by atoms with E-state index in [1.54, 1.807) is 12.4 Å². The molecule has 1 aromatic carbocycles. The number of carbonyl (C=O) groups excluding carboxylic acids is 1. The van der Waals surface area contributed by atoms with E-state index in [0.29, 0.717) is 13.0 Å². The molecule has 0 unspecified atom stereocenters. The molecule has 2 atom stereocenters. The molecule has 0 saturated heterocycles. The van der Waals surface area contributed by atoms with Gasteiger partial charge in [0.1, 0.15) is 0 Å². The summed E-state index contributed by atoms with van der Waals surface area (Å²) in [4.78, 5) is 15.9. The fourth-order valence-corrected chi connectivity index (χ4v) is 3.60. The lowest BCUT2D eigenvalue weighted by atomic mass is 9.88. The minimum absolute atomic E-state index is 0.0351. The number of para-hydroxylation sites is 1. The number of carbonyl (C=O) groups is 1. The Morgan fingerprint density at radius 1 is 1.11 bits per heavy atom. The van der Waals surface area contributed by atoms with E-state index < -0.39 is 0 Å². The van der Waals surface area contributed by atoms with Crippen LogP contribution in [0.4, 0.5) is 0 Å². The number of rotatable bonds is 6. The molecule has 0 bridgehead atoms. The maximum atomic E-state index is 11.8. The fourth-order valence-electron chi connectivity index (χ4n) is 3.60. The highest BCUT2D eigenvalue weighted by Gasteiger charge is 2.27. The number of nitrogens with two attached hydrogens (primary N) is 1. The summed E-state index contributed by atoms with van der Waals surface area (Å²) in [6.45, 7) is 0.604. The molecule has 1 aliphatic carbocycles. The Balaban J connectivity index is 1.63.